The maximum atomic E-state index is 12.1. The van der Waals surface area contributed by atoms with Gasteiger partial charge in [-0.05, 0) is 24.1 Å². The van der Waals surface area contributed by atoms with Gasteiger partial charge in [-0.25, -0.2) is 4.79 Å². The van der Waals surface area contributed by atoms with E-state index in [9.17, 15) is 19.8 Å². The van der Waals surface area contributed by atoms with Crippen LogP contribution in [0.4, 0.5) is 0 Å². The third kappa shape index (κ3) is 4.47. The third-order valence-corrected chi connectivity index (χ3v) is 10.8. The van der Waals surface area contributed by atoms with Crippen LogP contribution in [-0.2, 0) is 13.9 Å². The molecule has 0 amide bonds. The lowest BCUT2D eigenvalue weighted by atomic mass is 9.99. The Bertz CT molecular complexity index is 774. The highest BCUT2D eigenvalue weighted by Crippen LogP contribution is 2.44. The zero-order valence-electron chi connectivity index (χ0n) is 17.3. The number of aliphatic hydroxyl groups excluding tert-OH is 2. The largest absolute Gasteiger partial charge is 0.395 e. The number of nitrogens with zero attached hydrogens (tertiary/aromatic N) is 1. The van der Waals surface area contributed by atoms with Crippen molar-refractivity contribution in [2.45, 2.75) is 70.4 Å². The topological polar surface area (TPSA) is 123 Å². The molecular weight excluding hydrogens is 384 g/mol. The minimum atomic E-state index is -2.15. The van der Waals surface area contributed by atoms with E-state index < -0.39 is 50.7 Å². The molecule has 10 heteroatoms. The van der Waals surface area contributed by atoms with Gasteiger partial charge in [0.2, 0.25) is 0 Å². The van der Waals surface area contributed by atoms with E-state index in [2.05, 4.69) is 45.8 Å². The molecule has 1 aromatic heterocycles. The fraction of sp³-hybridized carbons (Fsp3) is 0.778. The summed E-state index contributed by atoms with van der Waals surface area (Å²) >= 11 is 0. The van der Waals surface area contributed by atoms with Crippen LogP contribution in [0.25, 0.3) is 0 Å². The highest BCUT2D eigenvalue weighted by Gasteiger charge is 2.47. The molecule has 9 nitrogen and oxygen atoms in total. The predicted molar refractivity (Wildman–Crippen MR) is 106 cm³/mol. The molecule has 28 heavy (non-hydrogen) atoms. The summed E-state index contributed by atoms with van der Waals surface area (Å²) in [5.41, 5.74) is -1.23. The smallest absolute Gasteiger partial charge is 0.330 e. The van der Waals surface area contributed by atoms with E-state index in [1.807, 2.05) is 0 Å². The van der Waals surface area contributed by atoms with Crippen LogP contribution in [-0.4, -0.2) is 59.8 Å². The fourth-order valence-electron chi connectivity index (χ4n) is 3.04. The molecular formula is C18H32N2O7Si. The molecule has 1 unspecified atom stereocenters. The molecule has 0 aliphatic carbocycles. The van der Waals surface area contributed by atoms with E-state index in [-0.39, 0.29) is 11.8 Å². The first-order chi connectivity index (χ1) is 12.9. The Morgan fingerprint density at radius 3 is 2.54 bits per heavy atom. The number of aliphatic hydroxyl groups is 2. The Hall–Kier alpha value is -1.30. The van der Waals surface area contributed by atoms with E-state index in [0.717, 1.165) is 4.57 Å². The zero-order valence-corrected chi connectivity index (χ0v) is 18.3. The van der Waals surface area contributed by atoms with Gasteiger partial charge in [-0.3, -0.25) is 14.3 Å². The number of hydrogen-bond acceptors (Lipinski definition) is 7. The van der Waals surface area contributed by atoms with Crippen molar-refractivity contribution < 1.29 is 24.1 Å². The van der Waals surface area contributed by atoms with Gasteiger partial charge in [-0.2, -0.15) is 0 Å². The quantitative estimate of drug-likeness (QED) is 0.423. The number of hydrogen-bond donors (Lipinski definition) is 3. The Kier molecular flexibility index (Phi) is 7.06. The van der Waals surface area contributed by atoms with Crippen LogP contribution >= 0.6 is 0 Å². The summed E-state index contributed by atoms with van der Waals surface area (Å²) in [5, 5.41) is 19.9. The highest BCUT2D eigenvalue weighted by molar-refractivity contribution is 6.74. The monoisotopic (exact) mass is 416 g/mol. The number of ether oxygens (including phenoxy) is 2. The van der Waals surface area contributed by atoms with Crippen LogP contribution in [0.2, 0.25) is 18.1 Å². The van der Waals surface area contributed by atoms with Gasteiger partial charge in [-0.15, -0.1) is 0 Å². The van der Waals surface area contributed by atoms with Crippen molar-refractivity contribution in [1.29, 1.82) is 0 Å². The fourth-order valence-corrected chi connectivity index (χ4v) is 5.17. The van der Waals surface area contributed by atoms with E-state index in [0.29, 0.717) is 5.92 Å². The Labute approximate surface area is 165 Å². The molecule has 1 aliphatic rings. The van der Waals surface area contributed by atoms with E-state index in [4.69, 9.17) is 13.9 Å². The SMILES string of the molecule is CC(C)C(C)(C)[Si](C)(C)OCO[C@@H]1[C@H](O)C(CO)O[C@H]1n1ccc(=O)[nH]c1=O. The van der Waals surface area contributed by atoms with Crippen molar-refractivity contribution in [3.63, 3.8) is 0 Å². The number of nitrogens with one attached hydrogen (secondary N) is 1. The van der Waals surface area contributed by atoms with Crippen LogP contribution in [0.1, 0.15) is 33.9 Å². The van der Waals surface area contributed by atoms with Crippen molar-refractivity contribution in [2.75, 3.05) is 13.4 Å². The number of rotatable bonds is 8. The van der Waals surface area contributed by atoms with Crippen molar-refractivity contribution in [3.8, 4) is 0 Å². The van der Waals surface area contributed by atoms with Gasteiger partial charge in [-0.1, -0.05) is 27.7 Å². The van der Waals surface area contributed by atoms with E-state index in [1.165, 1.54) is 12.3 Å². The van der Waals surface area contributed by atoms with Crippen LogP contribution < -0.4 is 11.2 Å². The lowest BCUT2D eigenvalue weighted by Crippen LogP contribution is -2.47. The normalized spacial score (nSPS) is 26.2. The lowest BCUT2D eigenvalue weighted by molar-refractivity contribution is -0.114. The molecule has 0 saturated carbocycles. The Balaban J connectivity index is 2.17. The first kappa shape index (κ1) is 23.0. The summed E-state index contributed by atoms with van der Waals surface area (Å²) in [6.07, 6.45) is -2.72. The first-order valence-corrected chi connectivity index (χ1v) is 12.3. The van der Waals surface area contributed by atoms with Crippen LogP contribution in [0.15, 0.2) is 21.9 Å². The van der Waals surface area contributed by atoms with E-state index in [1.54, 1.807) is 0 Å². The lowest BCUT2D eigenvalue weighted by Gasteiger charge is -2.42. The molecule has 4 atom stereocenters. The molecule has 1 saturated heterocycles. The van der Waals surface area contributed by atoms with E-state index >= 15 is 0 Å². The molecule has 2 rings (SSSR count). The van der Waals surface area contributed by atoms with Crippen LogP contribution in [0, 0.1) is 5.92 Å². The van der Waals surface area contributed by atoms with Gasteiger partial charge in [0.15, 0.2) is 14.5 Å². The van der Waals surface area contributed by atoms with Crippen LogP contribution in [0.3, 0.4) is 0 Å². The molecule has 1 aromatic rings. The molecule has 0 radical (unpaired) electrons. The number of aromatic nitrogens is 2. The first-order valence-electron chi connectivity index (χ1n) is 9.43. The molecule has 0 spiro atoms. The summed E-state index contributed by atoms with van der Waals surface area (Å²) in [7, 11) is -2.15. The number of aromatic amines is 1. The molecule has 0 bridgehead atoms. The minimum Gasteiger partial charge on any atom is -0.395 e. The van der Waals surface area contributed by atoms with Crippen molar-refractivity contribution >= 4 is 8.32 Å². The van der Waals surface area contributed by atoms with Gasteiger partial charge in [0, 0.05) is 12.3 Å². The van der Waals surface area contributed by atoms with Gasteiger partial charge in [0.05, 0.1) is 6.61 Å². The summed E-state index contributed by atoms with van der Waals surface area (Å²) in [5.74, 6) is 0.417. The predicted octanol–water partition coefficient (Wildman–Crippen LogP) is 0.788. The van der Waals surface area contributed by atoms with Gasteiger partial charge >= 0.3 is 5.69 Å². The average Bonchev–Trinajstić information content (AvgIpc) is 2.90. The maximum absolute atomic E-state index is 12.1. The maximum Gasteiger partial charge on any atom is 0.330 e. The van der Waals surface area contributed by atoms with Gasteiger partial charge in [0.1, 0.15) is 25.1 Å². The molecule has 2 heterocycles. The summed E-state index contributed by atoms with van der Waals surface area (Å²) < 4.78 is 18.6. The second-order valence-corrected chi connectivity index (χ2v) is 13.1. The molecule has 1 fully saturated rings. The average molecular weight is 417 g/mol. The zero-order chi connectivity index (χ0) is 21.3. The Morgan fingerprint density at radius 2 is 2.00 bits per heavy atom. The third-order valence-electron chi connectivity index (χ3n) is 6.29. The minimum absolute atomic E-state index is 0.00988. The second-order valence-electron chi connectivity index (χ2n) is 8.54. The summed E-state index contributed by atoms with van der Waals surface area (Å²) in [4.78, 5) is 25.6. The van der Waals surface area contributed by atoms with Crippen molar-refractivity contribution in [2.24, 2.45) is 5.92 Å². The van der Waals surface area contributed by atoms with Crippen LogP contribution in [0.5, 0.6) is 0 Å². The molecule has 160 valence electrons. The molecule has 0 aromatic carbocycles. The molecule has 1 aliphatic heterocycles. The second kappa shape index (κ2) is 8.60. The Morgan fingerprint density at radius 1 is 1.36 bits per heavy atom. The highest BCUT2D eigenvalue weighted by atomic mass is 28.4. The van der Waals surface area contributed by atoms with Crippen molar-refractivity contribution in [3.05, 3.63) is 33.1 Å². The summed E-state index contributed by atoms with van der Waals surface area (Å²) in [6, 6.07) is 1.18. The van der Waals surface area contributed by atoms with Gasteiger partial charge < -0.3 is 24.1 Å². The summed E-state index contributed by atoms with van der Waals surface area (Å²) in [6.45, 7) is 12.3. The van der Waals surface area contributed by atoms with Gasteiger partial charge in [0.25, 0.3) is 5.56 Å². The standard InChI is InChI=1S/C18H32N2O7Si/c1-11(2)18(3,4)28(5,6)26-10-25-15-14(23)12(9-21)27-16(15)20-8-7-13(22)19-17(20)24/h7-8,11-12,14-16,21,23H,9-10H2,1-6H3,(H,19,22,24)/t12?,14-,15-,16-/m1/s1. The molecule has 3 N–H and O–H groups in total. The number of H-pyrrole nitrogens is 1. The van der Waals surface area contributed by atoms with Crippen molar-refractivity contribution in [1.82, 2.24) is 9.55 Å².